The fourth-order valence-electron chi connectivity index (χ4n) is 2.29. The Morgan fingerprint density at radius 1 is 1.55 bits per heavy atom. The van der Waals surface area contributed by atoms with E-state index in [1.807, 2.05) is 6.92 Å². The number of hydrogen-bond acceptors (Lipinski definition) is 5. The molecule has 0 amide bonds. The molecule has 0 radical (unpaired) electrons. The van der Waals surface area contributed by atoms with Crippen LogP contribution in [0.4, 0.5) is 5.69 Å². The summed E-state index contributed by atoms with van der Waals surface area (Å²) >= 11 is 0. The molecule has 0 spiro atoms. The minimum absolute atomic E-state index is 0.0311. The lowest BCUT2D eigenvalue weighted by Gasteiger charge is -2.31. The highest BCUT2D eigenvalue weighted by atomic mass is 32.2. The molecule has 1 fully saturated rings. The van der Waals surface area contributed by atoms with Crippen molar-refractivity contribution in [3.8, 4) is 0 Å². The van der Waals surface area contributed by atoms with Gasteiger partial charge in [0.15, 0.2) is 0 Å². The van der Waals surface area contributed by atoms with Gasteiger partial charge in [-0.2, -0.15) is 4.31 Å². The molecule has 0 bridgehead atoms. The van der Waals surface area contributed by atoms with Crippen LogP contribution in [0.1, 0.15) is 26.2 Å². The van der Waals surface area contributed by atoms with Crippen LogP contribution in [0.3, 0.4) is 0 Å². The van der Waals surface area contributed by atoms with Crippen molar-refractivity contribution in [2.75, 3.05) is 25.4 Å². The number of nitrogens with two attached hydrogens (primary N) is 1. The average molecular weight is 299 g/mol. The number of aromatic nitrogens is 1. The normalized spacial score (nSPS) is 20.9. The van der Waals surface area contributed by atoms with Gasteiger partial charge in [-0.1, -0.05) is 6.92 Å². The number of pyridine rings is 1. The summed E-state index contributed by atoms with van der Waals surface area (Å²) in [5, 5.41) is 0. The SMILES string of the molecule is CCCOC1CCCN(S(=O)(=O)c2cnccc2N)C1. The van der Waals surface area contributed by atoms with Crippen molar-refractivity contribution in [3.63, 3.8) is 0 Å². The van der Waals surface area contributed by atoms with Crippen LogP contribution in [-0.4, -0.2) is 43.5 Å². The number of hydrogen-bond donors (Lipinski definition) is 1. The van der Waals surface area contributed by atoms with Crippen molar-refractivity contribution < 1.29 is 13.2 Å². The third-order valence-corrected chi connectivity index (χ3v) is 5.24. The second-order valence-corrected chi connectivity index (χ2v) is 6.82. The molecule has 7 heteroatoms. The molecule has 2 heterocycles. The minimum atomic E-state index is -3.58. The van der Waals surface area contributed by atoms with Gasteiger partial charge in [0.05, 0.1) is 11.8 Å². The molecule has 2 rings (SSSR count). The quantitative estimate of drug-likeness (QED) is 0.884. The Kier molecular flexibility index (Phi) is 4.95. The van der Waals surface area contributed by atoms with Crippen LogP contribution in [0, 0.1) is 0 Å². The van der Waals surface area contributed by atoms with E-state index >= 15 is 0 Å². The molecule has 112 valence electrons. The Bertz CT molecular complexity index is 548. The number of sulfonamides is 1. The van der Waals surface area contributed by atoms with Crippen LogP contribution in [0.5, 0.6) is 0 Å². The maximum atomic E-state index is 12.6. The maximum Gasteiger partial charge on any atom is 0.246 e. The lowest BCUT2D eigenvalue weighted by Crippen LogP contribution is -2.43. The molecule has 1 aliphatic rings. The van der Waals surface area contributed by atoms with Crippen LogP contribution in [-0.2, 0) is 14.8 Å². The van der Waals surface area contributed by atoms with Crippen molar-refractivity contribution in [2.24, 2.45) is 0 Å². The van der Waals surface area contributed by atoms with Gasteiger partial charge in [0.25, 0.3) is 0 Å². The number of nitrogen functional groups attached to an aromatic ring is 1. The third-order valence-electron chi connectivity index (χ3n) is 3.33. The first kappa shape index (κ1) is 15.2. The summed E-state index contributed by atoms with van der Waals surface area (Å²) in [6.07, 6.45) is 5.39. The average Bonchev–Trinajstić information content (AvgIpc) is 2.45. The van der Waals surface area contributed by atoms with Crippen molar-refractivity contribution in [3.05, 3.63) is 18.5 Å². The van der Waals surface area contributed by atoms with Crippen LogP contribution in [0.15, 0.2) is 23.4 Å². The van der Waals surface area contributed by atoms with E-state index in [1.165, 1.54) is 22.8 Å². The molecule has 1 aromatic rings. The molecule has 6 nitrogen and oxygen atoms in total. The van der Waals surface area contributed by atoms with E-state index in [4.69, 9.17) is 10.5 Å². The molecular weight excluding hydrogens is 278 g/mol. The summed E-state index contributed by atoms with van der Waals surface area (Å²) in [5.74, 6) is 0. The molecule has 0 aromatic carbocycles. The van der Waals surface area contributed by atoms with Gasteiger partial charge in [-0.3, -0.25) is 4.98 Å². The van der Waals surface area contributed by atoms with E-state index in [0.29, 0.717) is 19.7 Å². The number of anilines is 1. The van der Waals surface area contributed by atoms with Gasteiger partial charge in [0.1, 0.15) is 4.90 Å². The Hall–Kier alpha value is -1.18. The maximum absolute atomic E-state index is 12.6. The number of nitrogens with zero attached hydrogens (tertiary/aromatic N) is 2. The van der Waals surface area contributed by atoms with E-state index in [9.17, 15) is 8.42 Å². The monoisotopic (exact) mass is 299 g/mol. The standard InChI is InChI=1S/C13H21N3O3S/c1-2-8-19-11-4-3-7-16(10-11)20(17,18)13-9-15-6-5-12(13)14/h5-6,9,11H,2-4,7-8,10H2,1H3,(H2,14,15). The van der Waals surface area contributed by atoms with Gasteiger partial charge in [0.2, 0.25) is 10.0 Å². The van der Waals surface area contributed by atoms with Crippen LogP contribution in [0.25, 0.3) is 0 Å². The number of rotatable bonds is 5. The molecule has 1 aromatic heterocycles. The Balaban J connectivity index is 2.15. The lowest BCUT2D eigenvalue weighted by molar-refractivity contribution is 0.0193. The molecule has 20 heavy (non-hydrogen) atoms. The molecule has 1 unspecified atom stereocenters. The summed E-state index contributed by atoms with van der Waals surface area (Å²) in [6, 6.07) is 1.50. The predicted molar refractivity (Wildman–Crippen MR) is 76.7 cm³/mol. The summed E-state index contributed by atoms with van der Waals surface area (Å²) in [7, 11) is -3.58. The van der Waals surface area contributed by atoms with Crippen molar-refractivity contribution in [2.45, 2.75) is 37.2 Å². The van der Waals surface area contributed by atoms with E-state index in [2.05, 4.69) is 4.98 Å². The minimum Gasteiger partial charge on any atom is -0.398 e. The Morgan fingerprint density at radius 3 is 3.05 bits per heavy atom. The van der Waals surface area contributed by atoms with Crippen LogP contribution >= 0.6 is 0 Å². The Morgan fingerprint density at radius 2 is 2.35 bits per heavy atom. The zero-order valence-corrected chi connectivity index (χ0v) is 12.5. The lowest BCUT2D eigenvalue weighted by atomic mass is 10.1. The van der Waals surface area contributed by atoms with Gasteiger partial charge in [-0.25, -0.2) is 8.42 Å². The van der Waals surface area contributed by atoms with Gasteiger partial charge in [-0.15, -0.1) is 0 Å². The van der Waals surface area contributed by atoms with E-state index in [1.54, 1.807) is 0 Å². The van der Waals surface area contributed by atoms with E-state index in [0.717, 1.165) is 19.3 Å². The smallest absolute Gasteiger partial charge is 0.246 e. The van der Waals surface area contributed by atoms with Crippen LogP contribution < -0.4 is 5.73 Å². The fraction of sp³-hybridized carbons (Fsp3) is 0.615. The highest BCUT2D eigenvalue weighted by molar-refractivity contribution is 7.89. The van der Waals surface area contributed by atoms with Gasteiger partial charge in [0, 0.05) is 32.1 Å². The molecule has 0 aliphatic carbocycles. The molecule has 2 N–H and O–H groups in total. The number of piperidine rings is 1. The largest absolute Gasteiger partial charge is 0.398 e. The highest BCUT2D eigenvalue weighted by Gasteiger charge is 2.31. The third kappa shape index (κ3) is 3.28. The molecule has 0 saturated carbocycles. The summed E-state index contributed by atoms with van der Waals surface area (Å²) in [5.41, 5.74) is 5.98. The van der Waals surface area contributed by atoms with Crippen LogP contribution in [0.2, 0.25) is 0 Å². The topological polar surface area (TPSA) is 85.5 Å². The second-order valence-electron chi connectivity index (χ2n) is 4.91. The van der Waals surface area contributed by atoms with Crippen molar-refractivity contribution in [1.29, 1.82) is 0 Å². The molecule has 1 aliphatic heterocycles. The van der Waals surface area contributed by atoms with Gasteiger partial charge in [-0.05, 0) is 25.3 Å². The first-order chi connectivity index (χ1) is 9.55. The summed E-state index contributed by atoms with van der Waals surface area (Å²) in [6.45, 7) is 3.58. The highest BCUT2D eigenvalue weighted by Crippen LogP contribution is 2.25. The number of ether oxygens (including phenoxy) is 1. The molecular formula is C13H21N3O3S. The van der Waals surface area contributed by atoms with E-state index in [-0.39, 0.29) is 16.7 Å². The zero-order chi connectivity index (χ0) is 14.6. The fourth-order valence-corrected chi connectivity index (χ4v) is 3.86. The van der Waals surface area contributed by atoms with Crippen molar-refractivity contribution >= 4 is 15.7 Å². The summed E-state index contributed by atoms with van der Waals surface area (Å²) < 4.78 is 32.3. The van der Waals surface area contributed by atoms with Crippen molar-refractivity contribution in [1.82, 2.24) is 9.29 Å². The summed E-state index contributed by atoms with van der Waals surface area (Å²) in [4.78, 5) is 3.94. The van der Waals surface area contributed by atoms with Gasteiger partial charge >= 0.3 is 0 Å². The first-order valence-corrected chi connectivity index (χ1v) is 8.31. The van der Waals surface area contributed by atoms with E-state index < -0.39 is 10.0 Å². The predicted octanol–water partition coefficient (Wildman–Crippen LogP) is 1.24. The zero-order valence-electron chi connectivity index (χ0n) is 11.7. The van der Waals surface area contributed by atoms with Gasteiger partial charge < -0.3 is 10.5 Å². The second kappa shape index (κ2) is 6.51. The molecule has 1 atom stereocenters. The first-order valence-electron chi connectivity index (χ1n) is 6.87. The Labute approximate surface area is 120 Å². The molecule has 1 saturated heterocycles.